The van der Waals surface area contributed by atoms with Gasteiger partial charge in [0.15, 0.2) is 11.6 Å². The van der Waals surface area contributed by atoms with Crippen LogP contribution in [0.4, 0.5) is 11.4 Å². The summed E-state index contributed by atoms with van der Waals surface area (Å²) in [6.07, 6.45) is 18.9. The van der Waals surface area contributed by atoms with Crippen LogP contribution >= 0.6 is 0 Å². The van der Waals surface area contributed by atoms with Crippen molar-refractivity contribution in [3.63, 3.8) is 0 Å². The van der Waals surface area contributed by atoms with Gasteiger partial charge in [0, 0.05) is 48.7 Å². The molecule has 0 aliphatic heterocycles. The van der Waals surface area contributed by atoms with Crippen molar-refractivity contribution in [2.75, 3.05) is 36.0 Å². The number of rotatable bonds is 30. The first kappa shape index (κ1) is 48.4. The summed E-state index contributed by atoms with van der Waals surface area (Å²) in [5.41, 5.74) is 3.79. The van der Waals surface area contributed by atoms with Crippen LogP contribution in [0, 0.1) is 0 Å². The normalized spacial score (nSPS) is 11.0. The lowest BCUT2D eigenvalue weighted by molar-refractivity contribution is 0.0725. The zero-order chi connectivity index (χ0) is 43.7. The molecule has 0 aliphatic rings. The molecule has 4 rings (SSSR count). The molecule has 0 fully saturated rings. The van der Waals surface area contributed by atoms with E-state index in [-0.39, 0.29) is 18.0 Å². The van der Waals surface area contributed by atoms with Gasteiger partial charge in [-0.3, -0.25) is 9.59 Å². The lowest BCUT2D eigenvalue weighted by Gasteiger charge is -2.25. The predicted molar refractivity (Wildman–Crippen MR) is 250 cm³/mol. The maximum absolute atomic E-state index is 13.1. The average molecular weight is 831 g/mol. The largest absolute Gasteiger partial charge is 0.423 e. The van der Waals surface area contributed by atoms with E-state index >= 15 is 0 Å². The third kappa shape index (κ3) is 17.0. The molecule has 0 unspecified atom stereocenters. The van der Waals surface area contributed by atoms with Gasteiger partial charge >= 0.3 is 11.9 Å². The highest BCUT2D eigenvalue weighted by Crippen LogP contribution is 2.23. The fourth-order valence-electron chi connectivity index (χ4n) is 7.37. The van der Waals surface area contributed by atoms with E-state index in [4.69, 9.17) is 9.47 Å². The summed E-state index contributed by atoms with van der Waals surface area (Å²) in [5, 5.41) is 0. The van der Waals surface area contributed by atoms with E-state index < -0.39 is 11.9 Å². The predicted octanol–water partition coefficient (Wildman–Crippen LogP) is 13.5. The van der Waals surface area contributed by atoms with Crippen molar-refractivity contribution in [1.82, 2.24) is 0 Å². The standard InChI is InChI=1S/C53H70N2O6/c1-5-9-13-17-37-54(38-18-14-10-6-2)46-29-21-44(22-30-46)52(58)60-48-33-25-42(26-34-48)50(56)41-51(57)43-27-35-49(36-28-43)61-53(59)45-23-31-47(32-24-45)55(39-19-15-11-7-3)40-20-16-12-8-4/h21-36H,5-20,37-41H2,1-4H3. The summed E-state index contributed by atoms with van der Waals surface area (Å²) in [7, 11) is 0. The second kappa shape index (κ2) is 27.6. The summed E-state index contributed by atoms with van der Waals surface area (Å²) < 4.78 is 11.2. The quantitative estimate of drug-likeness (QED) is 0.0169. The first-order valence-corrected chi connectivity index (χ1v) is 23.2. The highest BCUT2D eigenvalue weighted by molar-refractivity contribution is 6.13. The number of Topliss-reactive ketones (excluding diaryl/α,β-unsaturated/α-hetero) is 2. The second-order valence-corrected chi connectivity index (χ2v) is 16.2. The third-order valence-corrected chi connectivity index (χ3v) is 11.2. The molecule has 61 heavy (non-hydrogen) atoms. The summed E-state index contributed by atoms with van der Waals surface area (Å²) in [5.74, 6) is -1.05. The Kier molecular flexibility index (Phi) is 21.9. The van der Waals surface area contributed by atoms with Crippen LogP contribution in [-0.2, 0) is 0 Å². The maximum Gasteiger partial charge on any atom is 0.343 e. The minimum atomic E-state index is -0.478. The van der Waals surface area contributed by atoms with E-state index in [0.717, 1.165) is 63.2 Å². The molecule has 0 saturated carbocycles. The van der Waals surface area contributed by atoms with Gasteiger partial charge < -0.3 is 19.3 Å². The first-order chi connectivity index (χ1) is 29.8. The lowest BCUT2D eigenvalue weighted by Crippen LogP contribution is -2.25. The number of anilines is 2. The second-order valence-electron chi connectivity index (χ2n) is 16.2. The number of carbonyl (C=O) groups excluding carboxylic acids is 4. The minimum absolute atomic E-state index is 0.309. The molecule has 4 aromatic rings. The van der Waals surface area contributed by atoms with Gasteiger partial charge in [-0.15, -0.1) is 0 Å². The van der Waals surface area contributed by atoms with Crippen LogP contribution < -0.4 is 19.3 Å². The van der Waals surface area contributed by atoms with Crippen LogP contribution in [0.15, 0.2) is 97.1 Å². The Balaban J connectivity index is 1.26. The maximum atomic E-state index is 13.1. The molecule has 0 bridgehead atoms. The smallest absolute Gasteiger partial charge is 0.343 e. The summed E-state index contributed by atoms with van der Waals surface area (Å²) in [6, 6.07) is 27.7. The monoisotopic (exact) mass is 831 g/mol. The first-order valence-electron chi connectivity index (χ1n) is 23.2. The number of benzene rings is 4. The van der Waals surface area contributed by atoms with Crippen LogP contribution in [0.2, 0.25) is 0 Å². The number of carbonyl (C=O) groups is 4. The average Bonchev–Trinajstić information content (AvgIpc) is 3.28. The van der Waals surface area contributed by atoms with E-state index in [1.807, 2.05) is 24.3 Å². The molecule has 0 aliphatic carbocycles. The van der Waals surface area contributed by atoms with E-state index in [2.05, 4.69) is 37.5 Å². The lowest BCUT2D eigenvalue weighted by atomic mass is 10.0. The van der Waals surface area contributed by atoms with E-state index in [9.17, 15) is 19.2 Å². The van der Waals surface area contributed by atoms with Crippen molar-refractivity contribution < 1.29 is 28.7 Å². The molecular weight excluding hydrogens is 761 g/mol. The van der Waals surface area contributed by atoms with Gasteiger partial charge in [-0.2, -0.15) is 0 Å². The van der Waals surface area contributed by atoms with Gasteiger partial charge in [0.1, 0.15) is 11.5 Å². The van der Waals surface area contributed by atoms with Crippen LogP contribution in [-0.4, -0.2) is 49.7 Å². The third-order valence-electron chi connectivity index (χ3n) is 11.2. The number of unbranched alkanes of at least 4 members (excludes halogenated alkanes) is 12. The van der Waals surface area contributed by atoms with Crippen molar-refractivity contribution >= 4 is 34.9 Å². The van der Waals surface area contributed by atoms with E-state index in [0.29, 0.717) is 33.8 Å². The molecule has 0 spiro atoms. The summed E-state index contributed by atoms with van der Waals surface area (Å²) in [4.78, 5) is 57.0. The number of hydrogen-bond acceptors (Lipinski definition) is 8. The highest BCUT2D eigenvalue weighted by atomic mass is 16.5. The number of ketones is 2. The zero-order valence-corrected chi connectivity index (χ0v) is 37.4. The molecular formula is C53H70N2O6. The number of hydrogen-bond donors (Lipinski definition) is 0. The van der Waals surface area contributed by atoms with Crippen LogP contribution in [0.25, 0.3) is 0 Å². The van der Waals surface area contributed by atoms with E-state index in [1.165, 1.54) is 77.0 Å². The topological polar surface area (TPSA) is 93.2 Å². The van der Waals surface area contributed by atoms with Crippen LogP contribution in [0.5, 0.6) is 11.5 Å². The summed E-state index contributed by atoms with van der Waals surface area (Å²) in [6.45, 7) is 12.9. The molecule has 0 radical (unpaired) electrons. The minimum Gasteiger partial charge on any atom is -0.423 e. The van der Waals surface area contributed by atoms with E-state index in [1.54, 1.807) is 72.8 Å². The molecule has 0 amide bonds. The molecule has 8 heteroatoms. The molecule has 0 N–H and O–H groups in total. The molecule has 0 heterocycles. The Bertz CT molecular complexity index is 1720. The Morgan fingerprint density at radius 1 is 0.361 bits per heavy atom. The van der Waals surface area contributed by atoms with Crippen molar-refractivity contribution in [3.8, 4) is 11.5 Å². The van der Waals surface area contributed by atoms with Crippen molar-refractivity contribution in [1.29, 1.82) is 0 Å². The zero-order valence-electron chi connectivity index (χ0n) is 37.4. The van der Waals surface area contributed by atoms with Gasteiger partial charge in [0.05, 0.1) is 17.5 Å². The molecule has 8 nitrogen and oxygen atoms in total. The number of nitrogens with zero attached hydrogens (tertiary/aromatic N) is 2. The number of esters is 2. The SMILES string of the molecule is CCCCCCN(CCCCCC)c1ccc(C(=O)Oc2ccc(C(=O)CC(=O)c3ccc(OC(=O)c4ccc(N(CCCCCC)CCCCCC)cc4)cc3)cc2)cc1. The Morgan fingerprint density at radius 3 is 0.918 bits per heavy atom. The number of ether oxygens (including phenoxy) is 2. The summed E-state index contributed by atoms with van der Waals surface area (Å²) >= 11 is 0. The van der Waals surface area contributed by atoms with Gasteiger partial charge in [0.2, 0.25) is 0 Å². The molecule has 4 aromatic carbocycles. The van der Waals surface area contributed by atoms with Crippen molar-refractivity contribution in [2.24, 2.45) is 0 Å². The van der Waals surface area contributed by atoms with Crippen molar-refractivity contribution in [3.05, 3.63) is 119 Å². The van der Waals surface area contributed by atoms with Gasteiger partial charge in [-0.05, 0) is 123 Å². The molecule has 328 valence electrons. The molecule has 0 aromatic heterocycles. The van der Waals surface area contributed by atoms with Gasteiger partial charge in [-0.1, -0.05) is 105 Å². The molecule has 0 saturated heterocycles. The van der Waals surface area contributed by atoms with Gasteiger partial charge in [-0.25, -0.2) is 9.59 Å². The van der Waals surface area contributed by atoms with Crippen LogP contribution in [0.1, 0.15) is 178 Å². The fraction of sp³-hybridized carbons (Fsp3) is 0.472. The Morgan fingerprint density at radius 2 is 0.639 bits per heavy atom. The fourth-order valence-corrected chi connectivity index (χ4v) is 7.37. The van der Waals surface area contributed by atoms with Crippen molar-refractivity contribution in [2.45, 2.75) is 137 Å². The van der Waals surface area contributed by atoms with Crippen LogP contribution in [0.3, 0.4) is 0 Å². The Labute approximate surface area is 366 Å². The highest BCUT2D eigenvalue weighted by Gasteiger charge is 2.17. The molecule has 0 atom stereocenters. The van der Waals surface area contributed by atoms with Gasteiger partial charge in [0.25, 0.3) is 0 Å². The Hall–Kier alpha value is -5.24.